The van der Waals surface area contributed by atoms with Crippen molar-refractivity contribution in [1.82, 2.24) is 4.90 Å². The van der Waals surface area contributed by atoms with E-state index in [-0.39, 0.29) is 0 Å². The summed E-state index contributed by atoms with van der Waals surface area (Å²) in [5, 5.41) is 8.67. The average Bonchev–Trinajstić information content (AvgIpc) is 2.32. The highest BCUT2D eigenvalue weighted by atomic mass is 32.2. The Balaban J connectivity index is 1.57. The number of aliphatic hydroxyl groups is 1. The number of aliphatic hydroxyl groups excluding tert-OH is 1. The van der Waals surface area contributed by atoms with Gasteiger partial charge in [0.25, 0.3) is 0 Å². The molecule has 1 aliphatic rings. The Morgan fingerprint density at radius 3 is 2.65 bits per heavy atom. The van der Waals surface area contributed by atoms with Gasteiger partial charge in [0.2, 0.25) is 0 Å². The van der Waals surface area contributed by atoms with Crippen LogP contribution in [0.1, 0.15) is 17.9 Å². The zero-order chi connectivity index (χ0) is 11.9. The molecule has 1 aliphatic heterocycles. The van der Waals surface area contributed by atoms with Crippen LogP contribution in [-0.2, 0) is 0 Å². The highest BCUT2D eigenvalue weighted by molar-refractivity contribution is 7.99. The molecule has 94 valence electrons. The average molecular weight is 251 g/mol. The number of rotatable bonds is 7. The van der Waals surface area contributed by atoms with E-state index in [1.807, 2.05) is 11.8 Å². The van der Waals surface area contributed by atoms with E-state index in [0.717, 1.165) is 18.1 Å². The number of hydrogen-bond acceptors (Lipinski definition) is 3. The summed E-state index contributed by atoms with van der Waals surface area (Å²) in [7, 11) is 0. The minimum absolute atomic E-state index is 0.326. The number of nitrogens with zero attached hydrogens (tertiary/aromatic N) is 1. The Kier molecular flexibility index (Phi) is 5.36. The van der Waals surface area contributed by atoms with E-state index < -0.39 is 0 Å². The molecule has 2 nitrogen and oxygen atoms in total. The van der Waals surface area contributed by atoms with Crippen LogP contribution in [0.3, 0.4) is 0 Å². The van der Waals surface area contributed by atoms with Crippen LogP contribution in [0.5, 0.6) is 0 Å². The summed E-state index contributed by atoms with van der Waals surface area (Å²) in [5.41, 5.74) is 1.48. The van der Waals surface area contributed by atoms with Gasteiger partial charge < -0.3 is 10.0 Å². The predicted molar refractivity (Wildman–Crippen MR) is 74.7 cm³/mol. The summed E-state index contributed by atoms with van der Waals surface area (Å²) >= 11 is 1.95. The largest absolute Gasteiger partial charge is 0.396 e. The van der Waals surface area contributed by atoms with Gasteiger partial charge in [-0.15, -0.1) is 0 Å². The van der Waals surface area contributed by atoms with Crippen LogP contribution in [0.2, 0.25) is 0 Å². The van der Waals surface area contributed by atoms with Crippen LogP contribution in [0, 0.1) is 0 Å². The van der Waals surface area contributed by atoms with Gasteiger partial charge in [-0.25, -0.2) is 0 Å². The summed E-state index contributed by atoms with van der Waals surface area (Å²) in [6, 6.07) is 10.8. The molecule has 1 saturated heterocycles. The fourth-order valence-electron chi connectivity index (χ4n) is 2.15. The first-order valence-corrected chi connectivity index (χ1v) is 7.51. The Labute approximate surface area is 108 Å². The smallest absolute Gasteiger partial charge is 0.0438 e. The Morgan fingerprint density at radius 1 is 1.18 bits per heavy atom. The number of likely N-dealkylation sites (tertiary alicyclic amines) is 1. The van der Waals surface area contributed by atoms with Crippen molar-refractivity contribution < 1.29 is 5.11 Å². The number of hydrogen-bond donors (Lipinski definition) is 1. The van der Waals surface area contributed by atoms with Crippen molar-refractivity contribution in [2.75, 3.05) is 37.7 Å². The molecule has 0 unspecified atom stereocenters. The first-order valence-electron chi connectivity index (χ1n) is 6.36. The molecule has 0 radical (unpaired) electrons. The van der Waals surface area contributed by atoms with E-state index in [1.54, 1.807) is 0 Å². The lowest BCUT2D eigenvalue weighted by molar-refractivity contribution is 0.159. The van der Waals surface area contributed by atoms with Crippen LogP contribution in [-0.4, -0.2) is 47.8 Å². The zero-order valence-electron chi connectivity index (χ0n) is 10.2. The molecule has 1 fully saturated rings. The molecular formula is C14H21NOS. The van der Waals surface area contributed by atoms with Gasteiger partial charge in [-0.1, -0.05) is 30.3 Å². The quantitative estimate of drug-likeness (QED) is 0.752. The summed E-state index contributed by atoms with van der Waals surface area (Å²) in [4.78, 5) is 2.52. The second kappa shape index (κ2) is 7.04. The zero-order valence-corrected chi connectivity index (χ0v) is 11.0. The second-order valence-electron chi connectivity index (χ2n) is 4.56. The Morgan fingerprint density at radius 2 is 1.94 bits per heavy atom. The minimum atomic E-state index is 0.326. The topological polar surface area (TPSA) is 23.5 Å². The van der Waals surface area contributed by atoms with Crippen molar-refractivity contribution in [2.24, 2.45) is 0 Å². The van der Waals surface area contributed by atoms with E-state index >= 15 is 0 Å². The summed E-state index contributed by atoms with van der Waals surface area (Å²) in [6.45, 7) is 3.95. The van der Waals surface area contributed by atoms with Crippen LogP contribution in [0.4, 0.5) is 0 Å². The highest BCUT2D eigenvalue weighted by Crippen LogP contribution is 2.26. The standard InChI is InChI=1S/C14H21NOS/c16-8-4-9-17-10-7-15-11-14(12-15)13-5-2-1-3-6-13/h1-3,5-6,14,16H,4,7-12H2. The van der Waals surface area contributed by atoms with Gasteiger partial charge in [-0.2, -0.15) is 11.8 Å². The molecule has 0 aromatic heterocycles. The van der Waals surface area contributed by atoms with Crippen molar-refractivity contribution in [3.8, 4) is 0 Å². The second-order valence-corrected chi connectivity index (χ2v) is 5.78. The van der Waals surface area contributed by atoms with Crippen molar-refractivity contribution in [1.29, 1.82) is 0 Å². The van der Waals surface area contributed by atoms with Crippen molar-refractivity contribution >= 4 is 11.8 Å². The van der Waals surface area contributed by atoms with Crippen LogP contribution < -0.4 is 0 Å². The molecule has 0 spiro atoms. The van der Waals surface area contributed by atoms with Gasteiger partial charge in [-0.3, -0.25) is 0 Å². The van der Waals surface area contributed by atoms with Gasteiger partial charge in [0.05, 0.1) is 0 Å². The molecule has 0 saturated carbocycles. The lowest BCUT2D eigenvalue weighted by Gasteiger charge is -2.39. The fourth-order valence-corrected chi connectivity index (χ4v) is 3.08. The monoisotopic (exact) mass is 251 g/mol. The lowest BCUT2D eigenvalue weighted by atomic mass is 9.92. The van der Waals surface area contributed by atoms with Crippen molar-refractivity contribution in [3.63, 3.8) is 0 Å². The van der Waals surface area contributed by atoms with Gasteiger partial charge in [-0.05, 0) is 17.7 Å². The van der Waals surface area contributed by atoms with E-state index in [9.17, 15) is 0 Å². The molecule has 3 heteroatoms. The van der Waals surface area contributed by atoms with E-state index in [0.29, 0.717) is 6.61 Å². The third-order valence-electron chi connectivity index (χ3n) is 3.23. The molecule has 1 aromatic rings. The van der Waals surface area contributed by atoms with E-state index in [1.165, 1.54) is 31.0 Å². The lowest BCUT2D eigenvalue weighted by Crippen LogP contribution is -2.45. The van der Waals surface area contributed by atoms with E-state index in [4.69, 9.17) is 5.11 Å². The maximum absolute atomic E-state index is 8.67. The van der Waals surface area contributed by atoms with Crippen molar-refractivity contribution in [2.45, 2.75) is 12.3 Å². The van der Waals surface area contributed by atoms with Gasteiger partial charge >= 0.3 is 0 Å². The molecular weight excluding hydrogens is 230 g/mol. The minimum Gasteiger partial charge on any atom is -0.396 e. The molecule has 1 N–H and O–H groups in total. The summed E-state index contributed by atoms with van der Waals surface area (Å²) < 4.78 is 0. The molecule has 1 aromatic carbocycles. The highest BCUT2D eigenvalue weighted by Gasteiger charge is 2.26. The van der Waals surface area contributed by atoms with Crippen LogP contribution in [0.15, 0.2) is 30.3 Å². The molecule has 0 bridgehead atoms. The van der Waals surface area contributed by atoms with Crippen LogP contribution in [0.25, 0.3) is 0 Å². The Hall–Kier alpha value is -0.510. The molecule has 1 heterocycles. The van der Waals surface area contributed by atoms with Gasteiger partial charge in [0.15, 0.2) is 0 Å². The SMILES string of the molecule is OCCCSCCN1CC(c2ccccc2)C1. The molecule has 2 rings (SSSR count). The first-order chi connectivity index (χ1) is 8.40. The summed E-state index contributed by atoms with van der Waals surface area (Å²) in [6.07, 6.45) is 0.928. The third-order valence-corrected chi connectivity index (χ3v) is 4.28. The molecule has 0 aliphatic carbocycles. The van der Waals surface area contributed by atoms with Crippen LogP contribution >= 0.6 is 11.8 Å². The normalized spacial score (nSPS) is 17.0. The first kappa shape index (κ1) is 12.9. The van der Waals surface area contributed by atoms with Gasteiger partial charge in [0.1, 0.15) is 0 Å². The van der Waals surface area contributed by atoms with Gasteiger partial charge in [0, 0.05) is 37.9 Å². The molecule has 0 atom stereocenters. The predicted octanol–water partition coefficient (Wildman–Crippen LogP) is 2.20. The maximum Gasteiger partial charge on any atom is 0.0438 e. The maximum atomic E-state index is 8.67. The van der Waals surface area contributed by atoms with Crippen molar-refractivity contribution in [3.05, 3.63) is 35.9 Å². The number of thioether (sulfide) groups is 1. The third kappa shape index (κ3) is 4.02. The van der Waals surface area contributed by atoms with E-state index in [2.05, 4.69) is 35.2 Å². The molecule has 0 amide bonds. The Bertz CT molecular complexity index is 311. The molecule has 17 heavy (non-hydrogen) atoms. The number of benzene rings is 1. The summed E-state index contributed by atoms with van der Waals surface area (Å²) in [5.74, 6) is 3.03. The fraction of sp³-hybridized carbons (Fsp3) is 0.571.